The van der Waals surface area contributed by atoms with E-state index in [0.29, 0.717) is 37.6 Å². The molecule has 0 unspecified atom stereocenters. The van der Waals surface area contributed by atoms with Gasteiger partial charge in [-0.3, -0.25) is 4.79 Å². The Labute approximate surface area is 163 Å². The van der Waals surface area contributed by atoms with Crippen LogP contribution in [0.15, 0.2) is 55.2 Å². The summed E-state index contributed by atoms with van der Waals surface area (Å²) < 4.78 is 7.08. The van der Waals surface area contributed by atoms with Crippen LogP contribution >= 0.6 is 0 Å². The van der Waals surface area contributed by atoms with Crippen molar-refractivity contribution in [3.8, 4) is 5.82 Å². The Morgan fingerprint density at radius 2 is 1.96 bits per heavy atom. The van der Waals surface area contributed by atoms with E-state index in [1.54, 1.807) is 23.3 Å². The molecule has 1 aliphatic rings. The Hall–Kier alpha value is -3.26. The topological polar surface area (TPSA) is 85.2 Å². The molecule has 8 heteroatoms. The van der Waals surface area contributed by atoms with Crippen LogP contribution < -0.4 is 10.2 Å². The molecule has 1 fully saturated rings. The zero-order valence-corrected chi connectivity index (χ0v) is 15.5. The molecular weight excluding hydrogens is 356 g/mol. The minimum Gasteiger partial charge on any atom is -0.378 e. The van der Waals surface area contributed by atoms with Crippen LogP contribution in [0.2, 0.25) is 0 Å². The van der Waals surface area contributed by atoms with Gasteiger partial charge in [-0.1, -0.05) is 30.3 Å². The number of aryl methyl sites for hydroxylation is 1. The number of ether oxygens (including phenoxy) is 1. The van der Waals surface area contributed by atoms with E-state index in [4.69, 9.17) is 4.74 Å². The molecule has 1 aromatic carbocycles. The fourth-order valence-electron chi connectivity index (χ4n) is 3.15. The van der Waals surface area contributed by atoms with Gasteiger partial charge in [-0.15, -0.1) is 0 Å². The smallest absolute Gasteiger partial charge is 0.224 e. The third-order valence-electron chi connectivity index (χ3n) is 4.59. The quantitative estimate of drug-likeness (QED) is 0.707. The maximum absolute atomic E-state index is 12.2. The molecule has 2 aromatic heterocycles. The predicted molar refractivity (Wildman–Crippen MR) is 106 cm³/mol. The summed E-state index contributed by atoms with van der Waals surface area (Å²) in [6.07, 6.45) is 7.81. The molecule has 28 heavy (non-hydrogen) atoms. The van der Waals surface area contributed by atoms with Crippen LogP contribution in [-0.2, 0) is 16.0 Å². The molecule has 1 N–H and O–H groups in total. The van der Waals surface area contributed by atoms with Crippen LogP contribution in [0.3, 0.4) is 0 Å². The highest BCUT2D eigenvalue weighted by atomic mass is 16.5. The lowest BCUT2D eigenvalue weighted by Crippen LogP contribution is -2.37. The largest absolute Gasteiger partial charge is 0.378 e. The van der Waals surface area contributed by atoms with E-state index in [-0.39, 0.29) is 5.91 Å². The Morgan fingerprint density at radius 3 is 2.79 bits per heavy atom. The first-order chi connectivity index (χ1) is 13.8. The van der Waals surface area contributed by atoms with Crippen molar-refractivity contribution >= 4 is 17.3 Å². The van der Waals surface area contributed by atoms with Crippen molar-refractivity contribution in [2.75, 3.05) is 36.5 Å². The van der Waals surface area contributed by atoms with Gasteiger partial charge < -0.3 is 15.0 Å². The van der Waals surface area contributed by atoms with Crippen LogP contribution in [0.4, 0.5) is 11.4 Å². The number of anilines is 2. The molecule has 1 saturated heterocycles. The molecule has 4 rings (SSSR count). The summed E-state index contributed by atoms with van der Waals surface area (Å²) in [4.78, 5) is 23.0. The van der Waals surface area contributed by atoms with Crippen molar-refractivity contribution < 1.29 is 9.53 Å². The first-order valence-electron chi connectivity index (χ1n) is 9.31. The van der Waals surface area contributed by atoms with Gasteiger partial charge >= 0.3 is 0 Å². The van der Waals surface area contributed by atoms with E-state index in [0.717, 1.165) is 24.3 Å². The normalized spacial score (nSPS) is 14.1. The molecule has 8 nitrogen and oxygen atoms in total. The van der Waals surface area contributed by atoms with Crippen LogP contribution in [0.25, 0.3) is 5.82 Å². The summed E-state index contributed by atoms with van der Waals surface area (Å²) in [6, 6.07) is 9.97. The van der Waals surface area contributed by atoms with Crippen molar-refractivity contribution in [2.24, 2.45) is 0 Å². The summed E-state index contributed by atoms with van der Waals surface area (Å²) in [5.74, 6) is 0.640. The summed E-state index contributed by atoms with van der Waals surface area (Å²) >= 11 is 0. The zero-order chi connectivity index (χ0) is 19.2. The second-order valence-corrected chi connectivity index (χ2v) is 6.54. The van der Waals surface area contributed by atoms with Gasteiger partial charge in [0.05, 0.1) is 37.5 Å². The van der Waals surface area contributed by atoms with Gasteiger partial charge in [0, 0.05) is 19.5 Å². The zero-order valence-electron chi connectivity index (χ0n) is 15.5. The molecule has 3 heterocycles. The number of hydrogen-bond donors (Lipinski definition) is 1. The Balaban J connectivity index is 1.42. The molecule has 0 radical (unpaired) electrons. The van der Waals surface area contributed by atoms with E-state index in [1.807, 2.05) is 30.3 Å². The third-order valence-corrected chi connectivity index (χ3v) is 4.59. The molecule has 3 aromatic rings. The second kappa shape index (κ2) is 8.62. The van der Waals surface area contributed by atoms with Crippen molar-refractivity contribution in [1.82, 2.24) is 19.7 Å². The van der Waals surface area contributed by atoms with Gasteiger partial charge in [0.25, 0.3) is 0 Å². The predicted octanol–water partition coefficient (Wildman–Crippen LogP) is 2.07. The molecule has 0 aliphatic carbocycles. The van der Waals surface area contributed by atoms with Crippen molar-refractivity contribution in [3.63, 3.8) is 0 Å². The van der Waals surface area contributed by atoms with Crippen LogP contribution in [0, 0.1) is 0 Å². The van der Waals surface area contributed by atoms with Crippen molar-refractivity contribution in [3.05, 3.63) is 60.8 Å². The lowest BCUT2D eigenvalue weighted by molar-refractivity contribution is -0.116. The van der Waals surface area contributed by atoms with Gasteiger partial charge in [0.1, 0.15) is 12.0 Å². The van der Waals surface area contributed by atoms with E-state index in [1.165, 1.54) is 6.33 Å². The van der Waals surface area contributed by atoms with Crippen LogP contribution in [0.1, 0.15) is 12.0 Å². The highest BCUT2D eigenvalue weighted by molar-refractivity contribution is 5.90. The summed E-state index contributed by atoms with van der Waals surface area (Å²) in [5.41, 5.74) is 2.69. The Morgan fingerprint density at radius 1 is 1.14 bits per heavy atom. The summed E-state index contributed by atoms with van der Waals surface area (Å²) in [7, 11) is 0. The number of aromatic nitrogens is 4. The number of morpholine rings is 1. The molecule has 0 saturated carbocycles. The van der Waals surface area contributed by atoms with Gasteiger partial charge in [0.2, 0.25) is 5.91 Å². The second-order valence-electron chi connectivity index (χ2n) is 6.54. The monoisotopic (exact) mass is 378 g/mol. The highest BCUT2D eigenvalue weighted by Gasteiger charge is 2.18. The number of hydrogen-bond acceptors (Lipinski definition) is 6. The molecular formula is C20H22N6O2. The number of rotatable bonds is 6. The maximum atomic E-state index is 12.2. The Kier molecular flexibility index (Phi) is 5.58. The van der Waals surface area contributed by atoms with Crippen LogP contribution in [-0.4, -0.2) is 52.0 Å². The molecule has 0 spiro atoms. The van der Waals surface area contributed by atoms with Crippen molar-refractivity contribution in [1.29, 1.82) is 0 Å². The number of nitrogens with zero attached hydrogens (tertiary/aromatic N) is 5. The first kappa shape index (κ1) is 18.1. The standard InChI is InChI=1S/C20H22N6O2/c27-19(7-6-16-4-2-1-3-5-16)24-17-12-23-26(14-17)20-18(13-21-15-22-20)25-8-10-28-11-9-25/h1-5,12-15H,6-11H2,(H,24,27). The lowest BCUT2D eigenvalue weighted by atomic mass is 10.1. The minimum absolute atomic E-state index is 0.0421. The number of nitrogens with one attached hydrogen (secondary N) is 1. The highest BCUT2D eigenvalue weighted by Crippen LogP contribution is 2.22. The number of carbonyl (C=O) groups is 1. The first-order valence-corrected chi connectivity index (χ1v) is 9.31. The lowest BCUT2D eigenvalue weighted by Gasteiger charge is -2.29. The van der Waals surface area contributed by atoms with Crippen LogP contribution in [0.5, 0.6) is 0 Å². The molecule has 144 valence electrons. The fourth-order valence-corrected chi connectivity index (χ4v) is 3.15. The molecule has 1 amide bonds. The average molecular weight is 378 g/mol. The third kappa shape index (κ3) is 4.34. The maximum Gasteiger partial charge on any atom is 0.224 e. The molecule has 0 atom stereocenters. The van der Waals surface area contributed by atoms with Crippen molar-refractivity contribution in [2.45, 2.75) is 12.8 Å². The van der Waals surface area contributed by atoms with E-state index in [2.05, 4.69) is 25.3 Å². The fraction of sp³-hybridized carbons (Fsp3) is 0.300. The average Bonchev–Trinajstić information content (AvgIpc) is 3.22. The van der Waals surface area contributed by atoms with Gasteiger partial charge in [0.15, 0.2) is 5.82 Å². The molecule has 0 bridgehead atoms. The summed E-state index contributed by atoms with van der Waals surface area (Å²) in [6.45, 7) is 2.92. The van der Waals surface area contributed by atoms with Gasteiger partial charge in [-0.25, -0.2) is 14.6 Å². The van der Waals surface area contributed by atoms with Gasteiger partial charge in [-0.05, 0) is 12.0 Å². The number of carbonyl (C=O) groups excluding carboxylic acids is 1. The molecule has 1 aliphatic heterocycles. The van der Waals surface area contributed by atoms with E-state index < -0.39 is 0 Å². The van der Waals surface area contributed by atoms with Gasteiger partial charge in [-0.2, -0.15) is 5.10 Å². The Bertz CT molecular complexity index is 921. The minimum atomic E-state index is -0.0421. The van der Waals surface area contributed by atoms with E-state index in [9.17, 15) is 4.79 Å². The SMILES string of the molecule is O=C(CCc1ccccc1)Nc1cnn(-c2ncncc2N2CCOCC2)c1. The summed E-state index contributed by atoms with van der Waals surface area (Å²) in [5, 5.41) is 7.27. The number of benzene rings is 1. The van der Waals surface area contributed by atoms with E-state index >= 15 is 0 Å². The number of amides is 1.